The number of hydrogen-bond donors (Lipinski definition) is 1. The number of carbonyl (C=O) groups is 1. The lowest BCUT2D eigenvalue weighted by molar-refractivity contribution is 0.0943. The third kappa shape index (κ3) is 4.52. The van der Waals surface area contributed by atoms with Crippen LogP contribution in [-0.4, -0.2) is 22.2 Å². The predicted molar refractivity (Wildman–Crippen MR) is 90.6 cm³/mol. The maximum absolute atomic E-state index is 12.3. The van der Waals surface area contributed by atoms with Crippen molar-refractivity contribution in [1.82, 2.24) is 15.1 Å². The Morgan fingerprint density at radius 1 is 1.17 bits per heavy atom. The van der Waals surface area contributed by atoms with Gasteiger partial charge in [0.05, 0.1) is 0 Å². The lowest BCUT2D eigenvalue weighted by atomic mass is 9.96. The van der Waals surface area contributed by atoms with Crippen molar-refractivity contribution >= 4 is 5.91 Å². The molecule has 1 N–H and O–H groups in total. The van der Waals surface area contributed by atoms with Crippen molar-refractivity contribution in [3.8, 4) is 0 Å². The van der Waals surface area contributed by atoms with Crippen LogP contribution in [0.25, 0.3) is 0 Å². The fraction of sp³-hybridized carbons (Fsp3) is 0.389. The number of amides is 1. The van der Waals surface area contributed by atoms with Crippen LogP contribution in [0.4, 0.5) is 0 Å². The molecule has 1 aromatic carbocycles. The van der Waals surface area contributed by atoms with E-state index in [2.05, 4.69) is 29.5 Å². The minimum Gasteiger partial charge on any atom is -0.350 e. The quantitative estimate of drug-likeness (QED) is 0.854. The van der Waals surface area contributed by atoms with Crippen LogP contribution < -0.4 is 10.9 Å². The molecule has 0 aliphatic heterocycles. The maximum atomic E-state index is 12.3. The highest BCUT2D eigenvalue weighted by atomic mass is 16.2. The second-order valence-electron chi connectivity index (χ2n) is 5.51. The molecular formula is C18H23N3O2. The maximum Gasteiger partial charge on any atom is 0.271 e. The molecule has 122 valence electrons. The highest BCUT2D eigenvalue weighted by molar-refractivity contribution is 5.92. The Hall–Kier alpha value is -2.43. The second kappa shape index (κ2) is 8.27. The first-order chi connectivity index (χ1) is 11.2. The van der Waals surface area contributed by atoms with Crippen LogP contribution >= 0.6 is 0 Å². The van der Waals surface area contributed by atoms with Crippen molar-refractivity contribution in [1.29, 1.82) is 0 Å². The lowest BCUT2D eigenvalue weighted by Gasteiger charge is -2.16. The van der Waals surface area contributed by atoms with E-state index in [0.29, 0.717) is 13.1 Å². The van der Waals surface area contributed by atoms with Crippen molar-refractivity contribution in [3.05, 3.63) is 64.1 Å². The molecule has 23 heavy (non-hydrogen) atoms. The number of nitrogens with one attached hydrogen (secondary N) is 1. The molecular weight excluding hydrogens is 290 g/mol. The van der Waals surface area contributed by atoms with Gasteiger partial charge in [-0.1, -0.05) is 44.2 Å². The molecule has 0 fully saturated rings. The summed E-state index contributed by atoms with van der Waals surface area (Å²) >= 11 is 0. The van der Waals surface area contributed by atoms with Gasteiger partial charge >= 0.3 is 0 Å². The van der Waals surface area contributed by atoms with Gasteiger partial charge in [-0.05, 0) is 24.5 Å². The van der Waals surface area contributed by atoms with Crippen molar-refractivity contribution in [2.45, 2.75) is 39.2 Å². The van der Waals surface area contributed by atoms with E-state index >= 15 is 0 Å². The molecule has 1 heterocycles. The van der Waals surface area contributed by atoms with E-state index < -0.39 is 0 Å². The summed E-state index contributed by atoms with van der Waals surface area (Å²) in [7, 11) is 0. The van der Waals surface area contributed by atoms with Crippen LogP contribution in [0.2, 0.25) is 0 Å². The summed E-state index contributed by atoms with van der Waals surface area (Å²) in [5.74, 6) is 0.0194. The monoisotopic (exact) mass is 313 g/mol. The summed E-state index contributed by atoms with van der Waals surface area (Å²) in [6.45, 7) is 5.13. The van der Waals surface area contributed by atoms with Crippen LogP contribution in [0.5, 0.6) is 0 Å². The molecule has 1 unspecified atom stereocenters. The highest BCUT2D eigenvalue weighted by Gasteiger charge is 2.13. The highest BCUT2D eigenvalue weighted by Crippen LogP contribution is 2.17. The minimum atomic E-state index is -0.246. The molecule has 2 rings (SSSR count). The SMILES string of the molecule is CCCn1nc(C(=O)NCC(CC)c2ccccc2)ccc1=O. The number of aryl methyl sites for hydroxylation is 1. The standard InChI is InChI=1S/C18H23N3O2/c1-3-12-21-17(22)11-10-16(20-21)18(23)19-13-14(4-2)15-8-6-5-7-9-15/h5-11,14H,3-4,12-13H2,1-2H3,(H,19,23). The molecule has 5 nitrogen and oxygen atoms in total. The summed E-state index contributed by atoms with van der Waals surface area (Å²) in [4.78, 5) is 23.9. The summed E-state index contributed by atoms with van der Waals surface area (Å²) < 4.78 is 1.34. The van der Waals surface area contributed by atoms with E-state index in [1.165, 1.54) is 22.4 Å². The molecule has 1 atom stereocenters. The number of hydrogen-bond acceptors (Lipinski definition) is 3. The Labute approximate surface area is 136 Å². The van der Waals surface area contributed by atoms with Gasteiger partial charge in [0.1, 0.15) is 5.69 Å². The van der Waals surface area contributed by atoms with Crippen LogP contribution in [0.1, 0.15) is 48.7 Å². The van der Waals surface area contributed by atoms with E-state index in [0.717, 1.165) is 12.8 Å². The molecule has 0 radical (unpaired) electrons. The molecule has 0 saturated carbocycles. The van der Waals surface area contributed by atoms with E-state index in [1.807, 2.05) is 25.1 Å². The van der Waals surface area contributed by atoms with Crippen molar-refractivity contribution in [2.24, 2.45) is 0 Å². The van der Waals surface area contributed by atoms with Crippen LogP contribution in [0, 0.1) is 0 Å². The molecule has 1 amide bonds. The largest absolute Gasteiger partial charge is 0.350 e. The molecule has 1 aromatic heterocycles. The number of rotatable bonds is 7. The van der Waals surface area contributed by atoms with Gasteiger partial charge in [-0.15, -0.1) is 0 Å². The summed E-state index contributed by atoms with van der Waals surface area (Å²) in [5.41, 5.74) is 1.30. The predicted octanol–water partition coefficient (Wildman–Crippen LogP) is 2.58. The zero-order chi connectivity index (χ0) is 16.7. The van der Waals surface area contributed by atoms with Gasteiger partial charge in [0.25, 0.3) is 11.5 Å². The lowest BCUT2D eigenvalue weighted by Crippen LogP contribution is -2.32. The summed E-state index contributed by atoms with van der Waals surface area (Å²) in [6, 6.07) is 13.0. The van der Waals surface area contributed by atoms with Crippen LogP contribution in [-0.2, 0) is 6.54 Å². The van der Waals surface area contributed by atoms with Gasteiger partial charge in [-0.25, -0.2) is 4.68 Å². The smallest absolute Gasteiger partial charge is 0.271 e. The Bertz CT molecular complexity index is 695. The summed E-state index contributed by atoms with van der Waals surface area (Å²) in [5, 5.41) is 7.05. The molecule has 0 aliphatic rings. The minimum absolute atomic E-state index is 0.181. The van der Waals surface area contributed by atoms with Gasteiger partial charge in [0.2, 0.25) is 0 Å². The molecule has 5 heteroatoms. The normalized spacial score (nSPS) is 11.9. The van der Waals surface area contributed by atoms with E-state index in [-0.39, 0.29) is 23.1 Å². The Kier molecular flexibility index (Phi) is 6.09. The first-order valence-corrected chi connectivity index (χ1v) is 8.07. The van der Waals surface area contributed by atoms with Gasteiger partial charge in [0, 0.05) is 25.1 Å². The van der Waals surface area contributed by atoms with Crippen molar-refractivity contribution < 1.29 is 4.79 Å². The summed E-state index contributed by atoms with van der Waals surface area (Å²) in [6.07, 6.45) is 1.73. The van der Waals surface area contributed by atoms with Crippen LogP contribution in [0.15, 0.2) is 47.3 Å². The Morgan fingerprint density at radius 3 is 2.57 bits per heavy atom. The zero-order valence-electron chi connectivity index (χ0n) is 13.7. The molecule has 0 aliphatic carbocycles. The number of benzene rings is 1. The van der Waals surface area contributed by atoms with Crippen molar-refractivity contribution in [3.63, 3.8) is 0 Å². The van der Waals surface area contributed by atoms with E-state index in [4.69, 9.17) is 0 Å². The van der Waals surface area contributed by atoms with Gasteiger partial charge in [-0.2, -0.15) is 5.10 Å². The van der Waals surface area contributed by atoms with Gasteiger partial charge in [-0.3, -0.25) is 9.59 Å². The van der Waals surface area contributed by atoms with Gasteiger partial charge < -0.3 is 5.32 Å². The fourth-order valence-electron chi connectivity index (χ4n) is 2.47. The molecule has 0 bridgehead atoms. The van der Waals surface area contributed by atoms with Crippen LogP contribution in [0.3, 0.4) is 0 Å². The number of carbonyl (C=O) groups excluding carboxylic acids is 1. The van der Waals surface area contributed by atoms with Crippen molar-refractivity contribution in [2.75, 3.05) is 6.54 Å². The number of nitrogens with zero attached hydrogens (tertiary/aromatic N) is 2. The average Bonchev–Trinajstić information content (AvgIpc) is 2.58. The first-order valence-electron chi connectivity index (χ1n) is 8.07. The fourth-order valence-corrected chi connectivity index (χ4v) is 2.47. The topological polar surface area (TPSA) is 64.0 Å². The molecule has 0 saturated heterocycles. The average molecular weight is 313 g/mol. The van der Waals surface area contributed by atoms with E-state index in [9.17, 15) is 9.59 Å². The first kappa shape index (κ1) is 16.9. The van der Waals surface area contributed by atoms with E-state index in [1.54, 1.807) is 0 Å². The third-order valence-electron chi connectivity index (χ3n) is 3.81. The number of aromatic nitrogens is 2. The second-order valence-corrected chi connectivity index (χ2v) is 5.51. The zero-order valence-corrected chi connectivity index (χ0v) is 13.7. The third-order valence-corrected chi connectivity index (χ3v) is 3.81. The Balaban J connectivity index is 2.04. The molecule has 2 aromatic rings. The van der Waals surface area contributed by atoms with Gasteiger partial charge in [0.15, 0.2) is 0 Å². The Morgan fingerprint density at radius 2 is 1.91 bits per heavy atom. The molecule has 0 spiro atoms.